The van der Waals surface area contributed by atoms with E-state index >= 15 is 0 Å². The van der Waals surface area contributed by atoms with Crippen LogP contribution in [0.4, 0.5) is 0 Å². The number of piperidine rings is 1. The monoisotopic (exact) mass is 369 g/mol. The highest BCUT2D eigenvalue weighted by atomic mass is 16.5. The summed E-state index contributed by atoms with van der Waals surface area (Å²) in [5.41, 5.74) is 4.07. The lowest BCUT2D eigenvalue weighted by atomic mass is 9.92. The Labute approximate surface area is 162 Å². The number of hydrogen-bond acceptors (Lipinski definition) is 4. The molecule has 1 heterocycles. The van der Waals surface area contributed by atoms with Gasteiger partial charge in [-0.1, -0.05) is 37.6 Å². The number of para-hydroxylation sites is 1. The van der Waals surface area contributed by atoms with Crippen LogP contribution < -0.4 is 9.47 Å². The van der Waals surface area contributed by atoms with Gasteiger partial charge in [0.05, 0.1) is 13.7 Å². The number of nitrogens with zero attached hydrogens (tertiary/aromatic N) is 1. The van der Waals surface area contributed by atoms with Gasteiger partial charge in [-0.05, 0) is 55.6 Å². The molecule has 0 saturated carbocycles. The minimum atomic E-state index is -0.00552. The quantitative estimate of drug-likeness (QED) is 0.754. The molecule has 146 valence electrons. The van der Waals surface area contributed by atoms with Gasteiger partial charge in [-0.15, -0.1) is 0 Å². The van der Waals surface area contributed by atoms with Crippen molar-refractivity contribution in [2.45, 2.75) is 39.2 Å². The number of ether oxygens (including phenoxy) is 2. The fourth-order valence-electron chi connectivity index (χ4n) is 3.95. The predicted octanol–water partition coefficient (Wildman–Crippen LogP) is 4.28. The molecule has 1 aliphatic heterocycles. The predicted molar refractivity (Wildman–Crippen MR) is 110 cm³/mol. The van der Waals surface area contributed by atoms with E-state index in [2.05, 4.69) is 11.8 Å². The van der Waals surface area contributed by atoms with Gasteiger partial charge < -0.3 is 14.6 Å². The maximum atomic E-state index is 9.91. The number of hydrogen-bond donors (Lipinski definition) is 1. The van der Waals surface area contributed by atoms with Crippen molar-refractivity contribution in [1.29, 1.82) is 0 Å². The normalized spacial score (nSPS) is 14.9. The van der Waals surface area contributed by atoms with Crippen LogP contribution in [0.1, 0.15) is 37.3 Å². The zero-order chi connectivity index (χ0) is 19.1. The largest absolute Gasteiger partial charge is 0.496 e. The first kappa shape index (κ1) is 19.7. The van der Waals surface area contributed by atoms with Crippen LogP contribution in [0.5, 0.6) is 11.5 Å². The van der Waals surface area contributed by atoms with Crippen LogP contribution in [-0.2, 0) is 13.0 Å². The lowest BCUT2D eigenvalue weighted by Gasteiger charge is -2.26. The minimum Gasteiger partial charge on any atom is -0.496 e. The smallest absolute Gasteiger partial charge is 0.126 e. The first-order valence-electron chi connectivity index (χ1n) is 10.0. The molecular weight excluding hydrogens is 338 g/mol. The zero-order valence-electron chi connectivity index (χ0n) is 16.5. The van der Waals surface area contributed by atoms with E-state index in [1.165, 1.54) is 32.4 Å². The minimum absolute atomic E-state index is 0.00552. The maximum absolute atomic E-state index is 9.91. The number of aliphatic hydroxyl groups is 1. The highest BCUT2D eigenvalue weighted by Crippen LogP contribution is 2.39. The zero-order valence-corrected chi connectivity index (χ0v) is 16.5. The SMILES string of the molecule is CCc1c(OCCN2CCCCC2)ccc(CO)c1-c1ccccc1OC. The van der Waals surface area contributed by atoms with Crippen molar-refractivity contribution in [1.82, 2.24) is 4.90 Å². The van der Waals surface area contributed by atoms with Gasteiger partial charge in [-0.3, -0.25) is 4.90 Å². The van der Waals surface area contributed by atoms with Gasteiger partial charge in [0, 0.05) is 17.7 Å². The summed E-state index contributed by atoms with van der Waals surface area (Å²) < 4.78 is 11.8. The molecule has 1 N–H and O–H groups in total. The molecule has 0 atom stereocenters. The molecule has 1 fully saturated rings. The molecule has 0 spiro atoms. The van der Waals surface area contributed by atoms with Crippen LogP contribution in [-0.4, -0.2) is 43.4 Å². The standard InChI is InChI=1S/C23H31NO3/c1-3-19-22(27-16-15-24-13-7-4-8-14-24)12-11-18(17-25)23(19)20-9-5-6-10-21(20)26-2/h5-6,9-12,25H,3-4,7-8,13-17H2,1-2H3. The van der Waals surface area contributed by atoms with Gasteiger partial charge in [0.2, 0.25) is 0 Å². The Morgan fingerprint density at radius 2 is 1.78 bits per heavy atom. The average molecular weight is 370 g/mol. The molecule has 2 aromatic rings. The van der Waals surface area contributed by atoms with Gasteiger partial charge in [-0.25, -0.2) is 0 Å². The Hall–Kier alpha value is -2.04. The van der Waals surface area contributed by atoms with Crippen LogP contribution in [0.2, 0.25) is 0 Å². The van der Waals surface area contributed by atoms with Gasteiger partial charge in [0.15, 0.2) is 0 Å². The number of methoxy groups -OCH3 is 1. The highest BCUT2D eigenvalue weighted by molar-refractivity contribution is 5.78. The highest BCUT2D eigenvalue weighted by Gasteiger charge is 2.18. The van der Waals surface area contributed by atoms with E-state index < -0.39 is 0 Å². The topological polar surface area (TPSA) is 41.9 Å². The van der Waals surface area contributed by atoms with Crippen molar-refractivity contribution in [2.75, 3.05) is 33.4 Å². The lowest BCUT2D eigenvalue weighted by molar-refractivity contribution is 0.183. The van der Waals surface area contributed by atoms with Crippen molar-refractivity contribution >= 4 is 0 Å². The number of aliphatic hydroxyl groups excluding tert-OH is 1. The Kier molecular flexibility index (Phi) is 7.13. The molecule has 0 aliphatic carbocycles. The van der Waals surface area contributed by atoms with E-state index in [4.69, 9.17) is 9.47 Å². The van der Waals surface area contributed by atoms with Crippen LogP contribution in [0.15, 0.2) is 36.4 Å². The number of likely N-dealkylation sites (tertiary alicyclic amines) is 1. The van der Waals surface area contributed by atoms with Crippen molar-refractivity contribution in [2.24, 2.45) is 0 Å². The first-order chi connectivity index (χ1) is 13.3. The molecule has 0 aromatic heterocycles. The Balaban J connectivity index is 1.87. The summed E-state index contributed by atoms with van der Waals surface area (Å²) in [6.45, 7) is 6.15. The van der Waals surface area contributed by atoms with Gasteiger partial charge in [-0.2, -0.15) is 0 Å². The summed E-state index contributed by atoms with van der Waals surface area (Å²) in [5.74, 6) is 1.72. The molecule has 1 saturated heterocycles. The second-order valence-electron chi connectivity index (χ2n) is 7.04. The van der Waals surface area contributed by atoms with Crippen LogP contribution >= 0.6 is 0 Å². The Morgan fingerprint density at radius 1 is 1.00 bits per heavy atom. The summed E-state index contributed by atoms with van der Waals surface area (Å²) in [6.07, 6.45) is 4.77. The van der Waals surface area contributed by atoms with Crippen molar-refractivity contribution in [3.8, 4) is 22.6 Å². The second-order valence-corrected chi connectivity index (χ2v) is 7.04. The number of benzene rings is 2. The van der Waals surface area contributed by atoms with Crippen molar-refractivity contribution < 1.29 is 14.6 Å². The third kappa shape index (κ3) is 4.63. The van der Waals surface area contributed by atoms with Crippen LogP contribution in [0.3, 0.4) is 0 Å². The molecule has 0 unspecified atom stereocenters. The third-order valence-corrected chi connectivity index (χ3v) is 5.37. The first-order valence-corrected chi connectivity index (χ1v) is 10.0. The Bertz CT molecular complexity index is 738. The van der Waals surface area contributed by atoms with Crippen molar-refractivity contribution in [3.05, 3.63) is 47.5 Å². The molecule has 27 heavy (non-hydrogen) atoms. The molecule has 2 aromatic carbocycles. The molecule has 4 heteroatoms. The Morgan fingerprint density at radius 3 is 2.48 bits per heavy atom. The van der Waals surface area contributed by atoms with E-state index in [0.29, 0.717) is 6.61 Å². The molecule has 0 radical (unpaired) electrons. The van der Waals surface area contributed by atoms with E-state index in [9.17, 15) is 5.11 Å². The molecule has 3 rings (SSSR count). The summed E-state index contributed by atoms with van der Waals surface area (Å²) in [5, 5.41) is 9.91. The van der Waals surface area contributed by atoms with Gasteiger partial charge in [0.25, 0.3) is 0 Å². The number of rotatable bonds is 8. The lowest BCUT2D eigenvalue weighted by Crippen LogP contribution is -2.33. The fourth-order valence-corrected chi connectivity index (χ4v) is 3.95. The summed E-state index contributed by atoms with van der Waals surface area (Å²) in [7, 11) is 1.68. The molecular formula is C23H31NO3. The molecule has 1 aliphatic rings. The van der Waals surface area contributed by atoms with Gasteiger partial charge in [0.1, 0.15) is 18.1 Å². The molecule has 4 nitrogen and oxygen atoms in total. The van der Waals surface area contributed by atoms with E-state index in [0.717, 1.165) is 46.7 Å². The van der Waals surface area contributed by atoms with E-state index in [-0.39, 0.29) is 6.61 Å². The second kappa shape index (κ2) is 9.77. The summed E-state index contributed by atoms with van der Waals surface area (Å²) >= 11 is 0. The van der Waals surface area contributed by atoms with Gasteiger partial charge >= 0.3 is 0 Å². The van der Waals surface area contributed by atoms with Crippen LogP contribution in [0, 0.1) is 0 Å². The maximum Gasteiger partial charge on any atom is 0.126 e. The summed E-state index contributed by atoms with van der Waals surface area (Å²) in [6, 6.07) is 11.9. The van der Waals surface area contributed by atoms with E-state index in [1.54, 1.807) is 7.11 Å². The summed E-state index contributed by atoms with van der Waals surface area (Å²) in [4.78, 5) is 2.48. The fraction of sp³-hybridized carbons (Fsp3) is 0.478. The molecule has 0 bridgehead atoms. The average Bonchev–Trinajstić information content (AvgIpc) is 2.74. The van der Waals surface area contributed by atoms with Crippen LogP contribution in [0.25, 0.3) is 11.1 Å². The van der Waals surface area contributed by atoms with E-state index in [1.807, 2.05) is 36.4 Å². The van der Waals surface area contributed by atoms with Crippen molar-refractivity contribution in [3.63, 3.8) is 0 Å². The third-order valence-electron chi connectivity index (χ3n) is 5.37. The molecule has 0 amide bonds.